The lowest BCUT2D eigenvalue weighted by molar-refractivity contribution is 0.794. The molecule has 0 aliphatic heterocycles. The first kappa shape index (κ1) is 19.8. The van der Waals surface area contributed by atoms with Crippen molar-refractivity contribution in [1.29, 1.82) is 0 Å². The number of hydrogen-bond donors (Lipinski definition) is 0. The molecule has 0 amide bonds. The molecular weight excluding hydrogens is 432 g/mol. The molecule has 0 atom stereocenters. The third kappa shape index (κ3) is 2.34. The van der Waals surface area contributed by atoms with Crippen molar-refractivity contribution in [2.24, 2.45) is 0 Å². The largest absolute Gasteiger partial charge is 0.0725 e. The molecule has 0 saturated carbocycles. The third-order valence-electron chi connectivity index (χ3n) is 8.32. The van der Waals surface area contributed by atoms with E-state index in [2.05, 4.69) is 134 Å². The van der Waals surface area contributed by atoms with Crippen LogP contribution < -0.4 is 0 Å². The minimum atomic E-state index is -0.297. The molecule has 36 heavy (non-hydrogen) atoms. The van der Waals surface area contributed by atoms with Crippen LogP contribution in [-0.2, 0) is 5.41 Å². The van der Waals surface area contributed by atoms with Crippen LogP contribution in [0.15, 0.2) is 127 Å². The molecule has 0 fully saturated rings. The lowest BCUT2D eigenvalue weighted by atomic mass is 9.70. The van der Waals surface area contributed by atoms with Gasteiger partial charge in [-0.1, -0.05) is 127 Å². The molecule has 2 aliphatic rings. The van der Waals surface area contributed by atoms with E-state index in [1.807, 2.05) is 0 Å². The summed E-state index contributed by atoms with van der Waals surface area (Å²) in [5, 5.41) is 2.60. The molecule has 0 N–H and O–H groups in total. The summed E-state index contributed by atoms with van der Waals surface area (Å²) >= 11 is 0. The molecule has 0 heterocycles. The fourth-order valence-corrected chi connectivity index (χ4v) is 7.05. The van der Waals surface area contributed by atoms with Gasteiger partial charge in [0.25, 0.3) is 0 Å². The molecule has 6 aromatic carbocycles. The van der Waals surface area contributed by atoms with Crippen LogP contribution >= 0.6 is 0 Å². The molecule has 0 aromatic heterocycles. The Morgan fingerprint density at radius 2 is 0.944 bits per heavy atom. The second kappa shape index (κ2) is 7.06. The van der Waals surface area contributed by atoms with E-state index in [1.54, 1.807) is 0 Å². The highest BCUT2D eigenvalue weighted by atomic mass is 14.5. The Labute approximate surface area is 211 Å². The van der Waals surface area contributed by atoms with Crippen molar-refractivity contribution in [3.63, 3.8) is 0 Å². The van der Waals surface area contributed by atoms with Crippen LogP contribution in [0.4, 0.5) is 0 Å². The van der Waals surface area contributed by atoms with Crippen LogP contribution in [0.25, 0.3) is 44.2 Å². The summed E-state index contributed by atoms with van der Waals surface area (Å²) in [6.07, 6.45) is 0. The van der Waals surface area contributed by atoms with Gasteiger partial charge in [-0.3, -0.25) is 0 Å². The highest BCUT2D eigenvalue weighted by Crippen LogP contribution is 2.64. The topological polar surface area (TPSA) is 0 Å². The monoisotopic (exact) mass is 456 g/mol. The first-order chi connectivity index (χ1) is 17.8. The maximum absolute atomic E-state index is 2.37. The van der Waals surface area contributed by atoms with Gasteiger partial charge in [0, 0.05) is 0 Å². The van der Waals surface area contributed by atoms with Crippen LogP contribution in [0, 0.1) is 6.92 Å². The van der Waals surface area contributed by atoms with Crippen LogP contribution in [0.3, 0.4) is 0 Å². The van der Waals surface area contributed by atoms with E-state index in [1.165, 1.54) is 72.0 Å². The molecule has 0 unspecified atom stereocenters. The zero-order chi connectivity index (χ0) is 23.9. The summed E-state index contributed by atoms with van der Waals surface area (Å²) in [5.74, 6) is 0. The molecule has 0 heteroatoms. The Kier molecular flexibility index (Phi) is 3.89. The van der Waals surface area contributed by atoms with Crippen molar-refractivity contribution < 1.29 is 0 Å². The normalized spacial score (nSPS) is 13.9. The maximum atomic E-state index is 2.37. The number of fused-ring (bicyclic) bond motifs is 11. The van der Waals surface area contributed by atoms with Crippen LogP contribution in [0.5, 0.6) is 0 Å². The number of benzene rings is 6. The van der Waals surface area contributed by atoms with E-state index in [-0.39, 0.29) is 5.41 Å². The van der Waals surface area contributed by atoms with E-state index >= 15 is 0 Å². The van der Waals surface area contributed by atoms with Crippen LogP contribution in [-0.4, -0.2) is 0 Å². The van der Waals surface area contributed by atoms with Crippen molar-refractivity contribution in [3.05, 3.63) is 155 Å². The summed E-state index contributed by atoms with van der Waals surface area (Å²) in [7, 11) is 0. The van der Waals surface area contributed by atoms with E-state index in [9.17, 15) is 0 Å². The molecule has 8 rings (SSSR count). The van der Waals surface area contributed by atoms with Crippen molar-refractivity contribution in [2.45, 2.75) is 12.3 Å². The maximum Gasteiger partial charge on any atom is 0.0725 e. The van der Waals surface area contributed by atoms with Gasteiger partial charge in [0.15, 0.2) is 0 Å². The molecule has 6 aromatic rings. The Morgan fingerprint density at radius 3 is 1.67 bits per heavy atom. The zero-order valence-corrected chi connectivity index (χ0v) is 20.1. The fraction of sp³-hybridized carbons (Fsp3) is 0.0556. The van der Waals surface area contributed by atoms with E-state index in [0.717, 1.165) is 0 Å². The summed E-state index contributed by atoms with van der Waals surface area (Å²) in [6, 6.07) is 47.5. The minimum absolute atomic E-state index is 0.297. The van der Waals surface area contributed by atoms with Gasteiger partial charge < -0.3 is 0 Å². The molecule has 0 radical (unpaired) electrons. The second-order valence-corrected chi connectivity index (χ2v) is 10.1. The average Bonchev–Trinajstić information content (AvgIpc) is 3.40. The molecule has 2 aliphatic carbocycles. The predicted octanol–water partition coefficient (Wildman–Crippen LogP) is 9.16. The summed E-state index contributed by atoms with van der Waals surface area (Å²) in [4.78, 5) is 0. The lowest BCUT2D eigenvalue weighted by Gasteiger charge is -2.30. The molecule has 0 saturated heterocycles. The van der Waals surface area contributed by atoms with Gasteiger partial charge in [-0.25, -0.2) is 0 Å². The van der Waals surface area contributed by atoms with E-state index in [0.29, 0.717) is 0 Å². The Hall–Kier alpha value is -4.42. The van der Waals surface area contributed by atoms with Gasteiger partial charge in [-0.05, 0) is 78.9 Å². The SMILES string of the molecule is Cc1cc(-c2cccc3c2-c2ccccc2C32c3ccccc3-c3ccccc32)c2ccccc2c1. The first-order valence-electron chi connectivity index (χ1n) is 12.7. The fourth-order valence-electron chi connectivity index (χ4n) is 7.05. The lowest BCUT2D eigenvalue weighted by Crippen LogP contribution is -2.25. The van der Waals surface area contributed by atoms with Crippen LogP contribution in [0.1, 0.15) is 27.8 Å². The summed E-state index contributed by atoms with van der Waals surface area (Å²) in [6.45, 7) is 2.21. The number of rotatable bonds is 1. The Bertz CT molecular complexity index is 1810. The molecule has 0 nitrogen and oxygen atoms in total. The second-order valence-electron chi connectivity index (χ2n) is 10.1. The molecule has 1 spiro atoms. The smallest absolute Gasteiger partial charge is 0.0619 e. The van der Waals surface area contributed by atoms with Gasteiger partial charge >= 0.3 is 0 Å². The van der Waals surface area contributed by atoms with Crippen LogP contribution in [0.2, 0.25) is 0 Å². The molecule has 168 valence electrons. The van der Waals surface area contributed by atoms with E-state index < -0.39 is 0 Å². The molecular formula is C36H24. The highest BCUT2D eigenvalue weighted by Gasteiger charge is 2.51. The Balaban J connectivity index is 1.56. The number of aryl methyl sites for hydroxylation is 1. The third-order valence-corrected chi connectivity index (χ3v) is 8.32. The number of hydrogen-bond acceptors (Lipinski definition) is 0. The van der Waals surface area contributed by atoms with Gasteiger partial charge in [-0.2, -0.15) is 0 Å². The first-order valence-corrected chi connectivity index (χ1v) is 12.7. The summed E-state index contributed by atoms with van der Waals surface area (Å²) in [5.41, 5.74) is 14.6. The standard InChI is InChI=1S/C36H24/c1-23-21-24-11-2-3-12-25(24)30(22-23)28-16-10-20-34-35(28)29-15-6-9-19-33(29)36(34)31-17-7-4-13-26(31)27-14-5-8-18-32(27)36/h2-22H,1H3. The van der Waals surface area contributed by atoms with Crippen molar-refractivity contribution in [3.8, 4) is 33.4 Å². The van der Waals surface area contributed by atoms with Gasteiger partial charge in [0.1, 0.15) is 0 Å². The van der Waals surface area contributed by atoms with Gasteiger partial charge in [-0.15, -0.1) is 0 Å². The zero-order valence-electron chi connectivity index (χ0n) is 20.1. The van der Waals surface area contributed by atoms with E-state index in [4.69, 9.17) is 0 Å². The highest BCUT2D eigenvalue weighted by molar-refractivity contribution is 6.05. The Morgan fingerprint density at radius 1 is 0.417 bits per heavy atom. The van der Waals surface area contributed by atoms with Crippen molar-refractivity contribution in [1.82, 2.24) is 0 Å². The minimum Gasteiger partial charge on any atom is -0.0619 e. The summed E-state index contributed by atoms with van der Waals surface area (Å²) < 4.78 is 0. The van der Waals surface area contributed by atoms with Crippen molar-refractivity contribution >= 4 is 10.8 Å². The van der Waals surface area contributed by atoms with Crippen molar-refractivity contribution in [2.75, 3.05) is 0 Å². The quantitative estimate of drug-likeness (QED) is 0.231. The molecule has 0 bridgehead atoms. The predicted molar refractivity (Wildman–Crippen MR) is 150 cm³/mol. The average molecular weight is 457 g/mol. The van der Waals surface area contributed by atoms with Gasteiger partial charge in [0.2, 0.25) is 0 Å². The van der Waals surface area contributed by atoms with Gasteiger partial charge in [0.05, 0.1) is 5.41 Å².